The van der Waals surface area contributed by atoms with E-state index in [0.717, 1.165) is 6.54 Å². The van der Waals surface area contributed by atoms with Crippen molar-refractivity contribution >= 4 is 11.6 Å². The van der Waals surface area contributed by atoms with E-state index in [9.17, 15) is 9.18 Å². The molecule has 0 radical (unpaired) electrons. The molecule has 78 valence electrons. The van der Waals surface area contributed by atoms with Crippen molar-refractivity contribution in [3.8, 4) is 0 Å². The van der Waals surface area contributed by atoms with Gasteiger partial charge in [0.05, 0.1) is 5.41 Å². The van der Waals surface area contributed by atoms with Gasteiger partial charge in [-0.05, 0) is 25.1 Å². The third kappa shape index (κ3) is 0.997. The molecule has 2 heterocycles. The van der Waals surface area contributed by atoms with Crippen molar-refractivity contribution in [2.45, 2.75) is 11.8 Å². The molecule has 1 saturated heterocycles. The Morgan fingerprint density at radius 1 is 1.40 bits per heavy atom. The average molecular weight is 206 g/mol. The van der Waals surface area contributed by atoms with E-state index in [1.165, 1.54) is 6.07 Å². The zero-order valence-electron chi connectivity index (χ0n) is 8.14. The zero-order chi connectivity index (χ0) is 10.5. The van der Waals surface area contributed by atoms with Crippen LogP contribution in [0.5, 0.6) is 0 Å². The van der Waals surface area contributed by atoms with E-state index < -0.39 is 5.41 Å². The number of anilines is 1. The summed E-state index contributed by atoms with van der Waals surface area (Å²) in [4.78, 5) is 11.9. The lowest BCUT2D eigenvalue weighted by atomic mass is 9.80. The van der Waals surface area contributed by atoms with Crippen LogP contribution in [-0.4, -0.2) is 19.0 Å². The number of nitrogens with one attached hydrogen (secondary N) is 2. The lowest BCUT2D eigenvalue weighted by molar-refractivity contribution is -0.120. The molecule has 0 aromatic heterocycles. The normalized spacial score (nSPS) is 28.2. The van der Waals surface area contributed by atoms with Crippen LogP contribution in [0.25, 0.3) is 0 Å². The van der Waals surface area contributed by atoms with E-state index in [-0.39, 0.29) is 11.7 Å². The Morgan fingerprint density at radius 2 is 2.27 bits per heavy atom. The number of hydrogen-bond acceptors (Lipinski definition) is 2. The SMILES string of the molecule is O=C1Nc2cccc(F)c2C12CCNC2. The molecule has 0 aliphatic carbocycles. The first-order valence-corrected chi connectivity index (χ1v) is 5.05. The third-order valence-corrected chi connectivity index (χ3v) is 3.33. The Labute approximate surface area is 86.7 Å². The van der Waals surface area contributed by atoms with Gasteiger partial charge in [-0.2, -0.15) is 0 Å². The number of fused-ring (bicyclic) bond motifs is 2. The van der Waals surface area contributed by atoms with Gasteiger partial charge < -0.3 is 10.6 Å². The monoisotopic (exact) mass is 206 g/mol. The second-order valence-corrected chi connectivity index (χ2v) is 4.13. The minimum absolute atomic E-state index is 0.0763. The number of amides is 1. The molecule has 15 heavy (non-hydrogen) atoms. The highest BCUT2D eigenvalue weighted by molar-refractivity contribution is 6.06. The Hall–Kier alpha value is -1.42. The predicted octanol–water partition coefficient (Wildman–Crippen LogP) is 1.01. The van der Waals surface area contributed by atoms with Crippen molar-refractivity contribution < 1.29 is 9.18 Å². The van der Waals surface area contributed by atoms with Gasteiger partial charge in [-0.1, -0.05) is 6.07 Å². The van der Waals surface area contributed by atoms with E-state index in [1.807, 2.05) is 0 Å². The molecule has 2 aliphatic rings. The Balaban J connectivity index is 2.24. The fraction of sp³-hybridized carbons (Fsp3) is 0.364. The number of benzene rings is 1. The second kappa shape index (κ2) is 2.79. The van der Waals surface area contributed by atoms with Crippen LogP contribution in [0.1, 0.15) is 12.0 Å². The molecule has 3 nitrogen and oxygen atoms in total. The van der Waals surface area contributed by atoms with Crippen molar-refractivity contribution in [3.05, 3.63) is 29.6 Å². The highest BCUT2D eigenvalue weighted by Gasteiger charge is 2.50. The fourth-order valence-electron chi connectivity index (χ4n) is 2.57. The standard InChI is InChI=1S/C11H11FN2O/c12-7-2-1-3-8-9(7)11(10(15)14-8)4-5-13-6-11/h1-3,13H,4-6H2,(H,14,15). The van der Waals surface area contributed by atoms with E-state index in [4.69, 9.17) is 0 Å². The first-order chi connectivity index (χ1) is 7.24. The summed E-state index contributed by atoms with van der Waals surface area (Å²) in [6.07, 6.45) is 0.673. The number of carbonyl (C=O) groups excluding carboxylic acids is 1. The minimum atomic E-state index is -0.666. The maximum atomic E-state index is 13.7. The number of carbonyl (C=O) groups is 1. The second-order valence-electron chi connectivity index (χ2n) is 4.13. The largest absolute Gasteiger partial charge is 0.325 e. The molecule has 0 bridgehead atoms. The smallest absolute Gasteiger partial charge is 0.236 e. The van der Waals surface area contributed by atoms with Gasteiger partial charge in [0.15, 0.2) is 0 Å². The molecule has 1 aromatic rings. The Bertz CT molecular complexity index is 438. The van der Waals surface area contributed by atoms with E-state index in [2.05, 4.69) is 10.6 Å². The van der Waals surface area contributed by atoms with Crippen molar-refractivity contribution in [1.82, 2.24) is 5.32 Å². The maximum Gasteiger partial charge on any atom is 0.236 e. The molecular weight excluding hydrogens is 195 g/mol. The van der Waals surface area contributed by atoms with Gasteiger partial charge in [-0.25, -0.2) is 4.39 Å². The maximum absolute atomic E-state index is 13.7. The van der Waals surface area contributed by atoms with Crippen LogP contribution in [0.2, 0.25) is 0 Å². The van der Waals surface area contributed by atoms with E-state index >= 15 is 0 Å². The van der Waals surface area contributed by atoms with Crippen molar-refractivity contribution in [1.29, 1.82) is 0 Å². The van der Waals surface area contributed by atoms with Crippen molar-refractivity contribution in [3.63, 3.8) is 0 Å². The van der Waals surface area contributed by atoms with Gasteiger partial charge in [-0.3, -0.25) is 4.79 Å². The van der Waals surface area contributed by atoms with Crippen LogP contribution in [-0.2, 0) is 10.2 Å². The number of halogens is 1. The molecule has 4 heteroatoms. The molecule has 1 atom stereocenters. The van der Waals surface area contributed by atoms with E-state index in [0.29, 0.717) is 24.2 Å². The van der Waals surface area contributed by atoms with Crippen molar-refractivity contribution in [2.75, 3.05) is 18.4 Å². The average Bonchev–Trinajstić information content (AvgIpc) is 2.77. The number of hydrogen-bond donors (Lipinski definition) is 2. The highest BCUT2D eigenvalue weighted by atomic mass is 19.1. The quantitative estimate of drug-likeness (QED) is 0.665. The molecule has 1 aromatic carbocycles. The third-order valence-electron chi connectivity index (χ3n) is 3.33. The lowest BCUT2D eigenvalue weighted by Crippen LogP contribution is -2.37. The Kier molecular flexibility index (Phi) is 1.65. The molecule has 1 spiro atoms. The molecule has 2 aliphatic heterocycles. The van der Waals surface area contributed by atoms with Crippen LogP contribution in [0.3, 0.4) is 0 Å². The summed E-state index contributed by atoms with van der Waals surface area (Å²) in [7, 11) is 0. The Morgan fingerprint density at radius 3 is 3.00 bits per heavy atom. The molecule has 1 fully saturated rings. The predicted molar refractivity (Wildman–Crippen MR) is 54.2 cm³/mol. The van der Waals surface area contributed by atoms with Gasteiger partial charge >= 0.3 is 0 Å². The summed E-state index contributed by atoms with van der Waals surface area (Å²) >= 11 is 0. The molecule has 3 rings (SSSR count). The topological polar surface area (TPSA) is 41.1 Å². The summed E-state index contributed by atoms with van der Waals surface area (Å²) in [5.41, 5.74) is 0.504. The summed E-state index contributed by atoms with van der Waals surface area (Å²) < 4.78 is 13.7. The summed E-state index contributed by atoms with van der Waals surface area (Å²) in [6.45, 7) is 1.30. The lowest BCUT2D eigenvalue weighted by Gasteiger charge is -2.19. The molecule has 1 amide bonds. The highest BCUT2D eigenvalue weighted by Crippen LogP contribution is 2.43. The number of rotatable bonds is 0. The first kappa shape index (κ1) is 8.85. The van der Waals surface area contributed by atoms with Crippen LogP contribution in [0, 0.1) is 5.82 Å². The summed E-state index contributed by atoms with van der Waals surface area (Å²) in [5.74, 6) is -0.359. The van der Waals surface area contributed by atoms with Crippen LogP contribution in [0.15, 0.2) is 18.2 Å². The molecule has 1 unspecified atom stereocenters. The van der Waals surface area contributed by atoms with Gasteiger partial charge in [-0.15, -0.1) is 0 Å². The summed E-state index contributed by atoms with van der Waals surface area (Å²) in [6, 6.07) is 4.79. The van der Waals surface area contributed by atoms with Crippen LogP contribution < -0.4 is 10.6 Å². The minimum Gasteiger partial charge on any atom is -0.325 e. The van der Waals surface area contributed by atoms with Gasteiger partial charge in [0, 0.05) is 17.8 Å². The van der Waals surface area contributed by atoms with Gasteiger partial charge in [0.1, 0.15) is 5.82 Å². The first-order valence-electron chi connectivity index (χ1n) is 5.05. The summed E-state index contributed by atoms with van der Waals surface area (Å²) in [5, 5.41) is 5.88. The molecule has 2 N–H and O–H groups in total. The fourth-order valence-corrected chi connectivity index (χ4v) is 2.57. The van der Waals surface area contributed by atoms with Gasteiger partial charge in [0.25, 0.3) is 0 Å². The molecule has 0 saturated carbocycles. The van der Waals surface area contributed by atoms with Gasteiger partial charge in [0.2, 0.25) is 5.91 Å². The van der Waals surface area contributed by atoms with E-state index in [1.54, 1.807) is 12.1 Å². The van der Waals surface area contributed by atoms with Crippen molar-refractivity contribution in [2.24, 2.45) is 0 Å². The van der Waals surface area contributed by atoms with Crippen LogP contribution in [0.4, 0.5) is 10.1 Å². The molecular formula is C11H11FN2O. The van der Waals surface area contributed by atoms with Crippen LogP contribution >= 0.6 is 0 Å². The zero-order valence-corrected chi connectivity index (χ0v) is 8.14.